The average Bonchev–Trinajstić information content (AvgIpc) is 2.73. The van der Waals surface area contributed by atoms with E-state index >= 15 is 0 Å². The Balaban J connectivity index is 1.72. The van der Waals surface area contributed by atoms with Crippen molar-refractivity contribution in [1.29, 1.82) is 0 Å². The van der Waals surface area contributed by atoms with Gasteiger partial charge in [0.25, 0.3) is 0 Å². The van der Waals surface area contributed by atoms with Gasteiger partial charge in [-0.1, -0.05) is 13.8 Å². The second kappa shape index (κ2) is 4.78. The van der Waals surface area contributed by atoms with Gasteiger partial charge in [0.15, 0.2) is 0 Å². The molecule has 3 N–H and O–H groups in total. The van der Waals surface area contributed by atoms with E-state index in [1.54, 1.807) is 0 Å². The van der Waals surface area contributed by atoms with Crippen LogP contribution in [-0.4, -0.2) is 21.4 Å². The molecule has 0 aromatic carbocycles. The van der Waals surface area contributed by atoms with Gasteiger partial charge in [-0.15, -0.1) is 0 Å². The molecular weight excluding hydrogens is 288 g/mol. The summed E-state index contributed by atoms with van der Waals surface area (Å²) in [5, 5.41) is 31.5. The van der Waals surface area contributed by atoms with Gasteiger partial charge >= 0.3 is 0 Å². The highest BCUT2D eigenvalue weighted by Gasteiger charge is 2.61. The van der Waals surface area contributed by atoms with Crippen LogP contribution in [0.2, 0.25) is 0 Å². The monoisotopic (exact) mass is 318 g/mol. The predicted molar refractivity (Wildman–Crippen MR) is 89.9 cm³/mol. The van der Waals surface area contributed by atoms with Crippen LogP contribution in [0.4, 0.5) is 0 Å². The highest BCUT2D eigenvalue weighted by molar-refractivity contribution is 5.27. The van der Waals surface area contributed by atoms with Crippen molar-refractivity contribution >= 4 is 0 Å². The topological polar surface area (TPSA) is 60.7 Å². The van der Waals surface area contributed by atoms with Crippen LogP contribution in [0.3, 0.4) is 0 Å². The molecule has 0 bridgehead atoms. The Morgan fingerprint density at radius 2 is 1.87 bits per heavy atom. The van der Waals surface area contributed by atoms with E-state index in [1.807, 2.05) is 6.08 Å². The van der Waals surface area contributed by atoms with Gasteiger partial charge in [0.1, 0.15) is 0 Å². The molecule has 0 spiro atoms. The van der Waals surface area contributed by atoms with Crippen LogP contribution in [0.15, 0.2) is 23.2 Å². The van der Waals surface area contributed by atoms with Crippen LogP contribution in [-0.2, 0) is 0 Å². The first kappa shape index (κ1) is 15.6. The fraction of sp³-hybridized carbons (Fsp3) is 0.800. The first-order chi connectivity index (χ1) is 10.8. The molecule has 0 aliphatic heterocycles. The van der Waals surface area contributed by atoms with E-state index in [-0.39, 0.29) is 22.9 Å². The zero-order chi connectivity index (χ0) is 16.6. The Morgan fingerprint density at radius 1 is 1.13 bits per heavy atom. The predicted octanol–water partition coefficient (Wildman–Crippen LogP) is 4.49. The normalized spacial score (nSPS) is 52.5. The minimum Gasteiger partial charge on any atom is -0.513 e. The first-order valence-electron chi connectivity index (χ1n) is 9.24. The molecule has 2 fully saturated rings. The van der Waals surface area contributed by atoms with Crippen LogP contribution in [0.5, 0.6) is 0 Å². The Hall–Kier alpha value is -0.960. The van der Waals surface area contributed by atoms with Crippen molar-refractivity contribution in [3.8, 4) is 0 Å². The number of hydrogen-bond acceptors (Lipinski definition) is 3. The molecule has 4 aliphatic carbocycles. The zero-order valence-electron chi connectivity index (χ0n) is 14.5. The summed E-state index contributed by atoms with van der Waals surface area (Å²) in [5.74, 6) is 2.55. The van der Waals surface area contributed by atoms with Crippen molar-refractivity contribution in [2.75, 3.05) is 0 Å². The lowest BCUT2D eigenvalue weighted by atomic mass is 9.45. The van der Waals surface area contributed by atoms with E-state index in [0.29, 0.717) is 29.3 Å². The van der Waals surface area contributed by atoms with Gasteiger partial charge < -0.3 is 15.3 Å². The molecule has 0 saturated heterocycles. The lowest BCUT2D eigenvalue weighted by molar-refractivity contribution is -0.143. The number of hydrogen-bond donors (Lipinski definition) is 3. The molecule has 0 heterocycles. The Kier molecular flexibility index (Phi) is 3.23. The van der Waals surface area contributed by atoms with Crippen molar-refractivity contribution in [2.45, 2.75) is 65.4 Å². The molecule has 4 rings (SSSR count). The second-order valence-corrected chi connectivity index (χ2v) is 9.15. The molecule has 3 unspecified atom stereocenters. The maximum absolute atomic E-state index is 11.0. The SMILES string of the molecule is CC1=C(O)[C@@]2(C)CCC3C(C2C1)[C@@H](O)C[C@H]1C=C(O)CC[C@]31C. The van der Waals surface area contributed by atoms with Crippen LogP contribution in [0.25, 0.3) is 0 Å². The van der Waals surface area contributed by atoms with Gasteiger partial charge in [-0.2, -0.15) is 0 Å². The summed E-state index contributed by atoms with van der Waals surface area (Å²) < 4.78 is 0. The molecule has 0 radical (unpaired) electrons. The lowest BCUT2D eigenvalue weighted by Gasteiger charge is -2.60. The molecular formula is C20H30O3. The van der Waals surface area contributed by atoms with E-state index in [1.165, 1.54) is 0 Å². The van der Waals surface area contributed by atoms with E-state index in [4.69, 9.17) is 0 Å². The standard InChI is InChI=1S/C20H30O3/c1-11-8-15-17-14(5-7-20(15,3)18(11)23)19(2)6-4-13(21)9-12(19)10-16(17)22/h9,12,14-17,21-23H,4-8,10H2,1-3H3/t12-,14?,15?,16+,17?,19+,20+/m1/s1. The summed E-state index contributed by atoms with van der Waals surface area (Å²) >= 11 is 0. The Morgan fingerprint density at radius 3 is 2.61 bits per heavy atom. The van der Waals surface area contributed by atoms with Crippen LogP contribution in [0.1, 0.15) is 59.3 Å². The summed E-state index contributed by atoms with van der Waals surface area (Å²) in [6.45, 7) is 6.63. The maximum Gasteiger partial charge on any atom is 0.0973 e. The first-order valence-corrected chi connectivity index (χ1v) is 9.24. The van der Waals surface area contributed by atoms with Gasteiger partial charge in [-0.3, -0.25) is 0 Å². The highest BCUT2D eigenvalue weighted by atomic mass is 16.3. The van der Waals surface area contributed by atoms with Gasteiger partial charge in [0.05, 0.1) is 17.6 Å². The van der Waals surface area contributed by atoms with E-state index in [2.05, 4.69) is 20.8 Å². The summed E-state index contributed by atoms with van der Waals surface area (Å²) in [6.07, 6.45) is 7.29. The molecule has 0 aromatic heterocycles. The van der Waals surface area contributed by atoms with Crippen molar-refractivity contribution in [2.24, 2.45) is 34.5 Å². The van der Waals surface area contributed by atoms with Crippen LogP contribution < -0.4 is 0 Å². The van der Waals surface area contributed by atoms with Crippen LogP contribution in [0, 0.1) is 34.5 Å². The summed E-state index contributed by atoms with van der Waals surface area (Å²) in [6, 6.07) is 0. The van der Waals surface area contributed by atoms with E-state index < -0.39 is 0 Å². The quantitative estimate of drug-likeness (QED) is 0.616. The molecule has 23 heavy (non-hydrogen) atoms. The van der Waals surface area contributed by atoms with Gasteiger partial charge in [0.2, 0.25) is 0 Å². The smallest absolute Gasteiger partial charge is 0.0973 e. The Bertz CT molecular complexity index is 592. The summed E-state index contributed by atoms with van der Waals surface area (Å²) in [4.78, 5) is 0. The van der Waals surface area contributed by atoms with Gasteiger partial charge in [0, 0.05) is 11.8 Å². The number of allylic oxidation sites excluding steroid dienone is 4. The summed E-state index contributed by atoms with van der Waals surface area (Å²) in [5.41, 5.74) is 1.17. The third kappa shape index (κ3) is 1.92. The van der Waals surface area contributed by atoms with Gasteiger partial charge in [-0.25, -0.2) is 0 Å². The maximum atomic E-state index is 11.0. The van der Waals surface area contributed by atoms with E-state index in [9.17, 15) is 15.3 Å². The number of aliphatic hydroxyl groups is 3. The van der Waals surface area contributed by atoms with Crippen molar-refractivity contribution in [1.82, 2.24) is 0 Å². The molecule has 7 atom stereocenters. The van der Waals surface area contributed by atoms with Gasteiger partial charge in [-0.05, 0) is 79.8 Å². The highest BCUT2D eigenvalue weighted by Crippen LogP contribution is 2.66. The molecule has 0 aromatic rings. The average molecular weight is 318 g/mol. The molecule has 3 nitrogen and oxygen atoms in total. The number of aliphatic hydroxyl groups excluding tert-OH is 3. The third-order valence-corrected chi connectivity index (χ3v) is 8.14. The molecule has 3 heteroatoms. The van der Waals surface area contributed by atoms with E-state index in [0.717, 1.165) is 44.1 Å². The number of fused-ring (bicyclic) bond motifs is 5. The Labute approximate surface area is 139 Å². The molecule has 0 amide bonds. The molecule has 128 valence electrons. The number of rotatable bonds is 0. The fourth-order valence-electron chi connectivity index (χ4n) is 6.72. The minimum absolute atomic E-state index is 0.137. The zero-order valence-corrected chi connectivity index (χ0v) is 14.5. The lowest BCUT2D eigenvalue weighted by Crippen LogP contribution is -2.57. The molecule has 2 saturated carbocycles. The second-order valence-electron chi connectivity index (χ2n) is 9.15. The minimum atomic E-state index is -0.316. The van der Waals surface area contributed by atoms with Crippen molar-refractivity contribution in [3.05, 3.63) is 23.2 Å². The fourth-order valence-corrected chi connectivity index (χ4v) is 6.72. The third-order valence-electron chi connectivity index (χ3n) is 8.14. The van der Waals surface area contributed by atoms with Crippen molar-refractivity contribution in [3.63, 3.8) is 0 Å². The van der Waals surface area contributed by atoms with Crippen molar-refractivity contribution < 1.29 is 15.3 Å². The summed E-state index contributed by atoms with van der Waals surface area (Å²) in [7, 11) is 0. The molecule has 4 aliphatic rings. The van der Waals surface area contributed by atoms with Crippen LogP contribution >= 0.6 is 0 Å². The largest absolute Gasteiger partial charge is 0.513 e.